The van der Waals surface area contributed by atoms with Crippen molar-refractivity contribution in [2.45, 2.75) is 38.0 Å². The highest BCUT2D eigenvalue weighted by Crippen LogP contribution is 2.36. The van der Waals surface area contributed by atoms with E-state index in [1.54, 1.807) is 24.3 Å². The largest absolute Gasteiger partial charge is 0.854 e. The molecule has 3 rings (SSSR count). The number of hydrogen-bond acceptors (Lipinski definition) is 4. The molecule has 0 saturated heterocycles. The van der Waals surface area contributed by atoms with Crippen LogP contribution in [0.1, 0.15) is 51.9 Å². The van der Waals surface area contributed by atoms with Crippen LogP contribution in [0.25, 0.3) is 0 Å². The van der Waals surface area contributed by atoms with Crippen LogP contribution in [0.4, 0.5) is 26.3 Å². The summed E-state index contributed by atoms with van der Waals surface area (Å²) >= 11 is 0. The maximum Gasteiger partial charge on any atom is 0.416 e. The molecule has 0 radical (unpaired) electrons. The fourth-order valence-corrected chi connectivity index (χ4v) is 3.54. The minimum absolute atomic E-state index is 0.0345. The fourth-order valence-electron chi connectivity index (χ4n) is 3.54. The summed E-state index contributed by atoms with van der Waals surface area (Å²) in [7, 11) is 1.26. The van der Waals surface area contributed by atoms with Gasteiger partial charge in [-0.15, -0.1) is 0 Å². The second kappa shape index (κ2) is 9.86. The number of alkyl halides is 6. The van der Waals surface area contributed by atoms with Gasteiger partial charge in [0, 0.05) is 12.8 Å². The van der Waals surface area contributed by atoms with Gasteiger partial charge in [-0.1, -0.05) is 16.8 Å². The lowest BCUT2D eigenvalue weighted by atomic mass is 10.0. The highest BCUT2D eigenvalue weighted by Gasteiger charge is 2.37. The molecule has 5 nitrogen and oxygen atoms in total. The number of hydrazone groups is 1. The molecule has 0 N–H and O–H groups in total. The summed E-state index contributed by atoms with van der Waals surface area (Å²) in [6.45, 7) is 0.298. The summed E-state index contributed by atoms with van der Waals surface area (Å²) in [6.07, 6.45) is -7.79. The average Bonchev–Trinajstić information content (AvgIpc) is 2.79. The number of nitrogens with zero attached hydrogens (tertiary/aromatic N) is 2. The molecular weight excluding hydrogens is 466 g/mol. The summed E-state index contributed by atoms with van der Waals surface area (Å²) in [6, 6.07) is 7.23. The van der Waals surface area contributed by atoms with Crippen LogP contribution in [0.5, 0.6) is 0 Å². The van der Waals surface area contributed by atoms with Gasteiger partial charge in [0.05, 0.1) is 36.1 Å². The van der Waals surface area contributed by atoms with E-state index in [1.165, 1.54) is 11.8 Å². The zero-order valence-corrected chi connectivity index (χ0v) is 18.0. The van der Waals surface area contributed by atoms with Crippen molar-refractivity contribution in [3.8, 4) is 0 Å². The van der Waals surface area contributed by atoms with E-state index in [0.717, 1.165) is 12.0 Å². The number of benzene rings is 2. The van der Waals surface area contributed by atoms with Crippen molar-refractivity contribution in [3.63, 3.8) is 0 Å². The van der Waals surface area contributed by atoms with Crippen molar-refractivity contribution in [1.29, 1.82) is 0 Å². The number of carbonyl (C=O) groups excluding carboxylic acids is 1. The monoisotopic (exact) mass is 486 g/mol. The summed E-state index contributed by atoms with van der Waals surface area (Å²) in [5.41, 5.74) is -2.12. The van der Waals surface area contributed by atoms with Gasteiger partial charge in [0.1, 0.15) is 0 Å². The molecule has 0 aromatic heterocycles. The van der Waals surface area contributed by atoms with Crippen LogP contribution < -0.4 is 5.11 Å². The molecule has 1 aliphatic heterocycles. The SMILES string of the molecule is COC(=O)c1ccc(CC2=[N+](/N=C(\[O-])c3cc(C(F)(F)F)cc(C(F)(F)F)c3)CCCC2)cc1. The van der Waals surface area contributed by atoms with Gasteiger partial charge < -0.3 is 9.84 Å². The smallest absolute Gasteiger partial charge is 0.416 e. The Morgan fingerprint density at radius 2 is 1.56 bits per heavy atom. The van der Waals surface area contributed by atoms with E-state index in [4.69, 9.17) is 0 Å². The normalized spacial score (nSPS) is 15.4. The molecule has 11 heteroatoms. The molecule has 0 bridgehead atoms. The highest BCUT2D eigenvalue weighted by molar-refractivity contribution is 5.91. The molecule has 1 aliphatic rings. The molecule has 0 fully saturated rings. The summed E-state index contributed by atoms with van der Waals surface area (Å²) in [4.78, 5) is 11.6. The van der Waals surface area contributed by atoms with Crippen molar-refractivity contribution in [2.24, 2.45) is 5.10 Å². The van der Waals surface area contributed by atoms with Crippen LogP contribution >= 0.6 is 0 Å². The number of esters is 1. The zero-order chi connectivity index (χ0) is 25.1. The fraction of sp³-hybridized carbons (Fsp3) is 0.348. The lowest BCUT2D eigenvalue weighted by Crippen LogP contribution is -2.29. The third-order valence-electron chi connectivity index (χ3n) is 5.28. The molecule has 182 valence electrons. The van der Waals surface area contributed by atoms with Gasteiger partial charge in [-0.2, -0.15) is 26.3 Å². The number of methoxy groups -OCH3 is 1. The molecule has 2 aromatic carbocycles. The molecule has 0 amide bonds. The molecule has 0 spiro atoms. The van der Waals surface area contributed by atoms with Crippen molar-refractivity contribution < 1.29 is 45.7 Å². The van der Waals surface area contributed by atoms with Crippen LogP contribution in [0.2, 0.25) is 0 Å². The Morgan fingerprint density at radius 1 is 0.971 bits per heavy atom. The molecule has 0 unspecified atom stereocenters. The number of carbonyl (C=O) groups is 1. The zero-order valence-electron chi connectivity index (χ0n) is 18.0. The predicted molar refractivity (Wildman–Crippen MR) is 108 cm³/mol. The number of hydrogen-bond donors (Lipinski definition) is 0. The van der Waals surface area contributed by atoms with Crippen LogP contribution in [-0.4, -0.2) is 35.9 Å². The molecular formula is C23H20F6N2O3. The van der Waals surface area contributed by atoms with Crippen LogP contribution in [-0.2, 0) is 23.5 Å². The number of halogens is 6. The average molecular weight is 486 g/mol. The van der Waals surface area contributed by atoms with Gasteiger partial charge in [-0.05, 0) is 53.0 Å². The topological polar surface area (TPSA) is 64.7 Å². The van der Waals surface area contributed by atoms with Crippen molar-refractivity contribution in [3.05, 3.63) is 70.3 Å². The standard InChI is InChI=1S/C23H20F6N2O3/c1-34-21(33)15-7-5-14(6-8-15)10-19-4-2-3-9-31(19)30-20(32)16-11-17(22(24,25)26)13-18(12-16)23(27,28)29/h5-8,11-13H,2-4,9-10H2,1H3. The third kappa shape index (κ3) is 6.15. The maximum absolute atomic E-state index is 13.1. The molecule has 34 heavy (non-hydrogen) atoms. The Hall–Kier alpha value is -3.37. The minimum atomic E-state index is -5.06. The van der Waals surface area contributed by atoms with Crippen molar-refractivity contribution in [2.75, 3.05) is 13.7 Å². The number of ether oxygens (including phenoxy) is 1. The Balaban J connectivity index is 1.96. The van der Waals surface area contributed by atoms with E-state index in [0.29, 0.717) is 49.2 Å². The lowest BCUT2D eigenvalue weighted by molar-refractivity contribution is -0.543. The molecule has 1 heterocycles. The predicted octanol–water partition coefficient (Wildman–Crippen LogP) is 4.41. The van der Waals surface area contributed by atoms with E-state index >= 15 is 0 Å². The first-order valence-electron chi connectivity index (χ1n) is 10.2. The highest BCUT2D eigenvalue weighted by atomic mass is 19.4. The van der Waals surface area contributed by atoms with E-state index in [1.807, 2.05) is 0 Å². The Morgan fingerprint density at radius 3 is 2.09 bits per heavy atom. The minimum Gasteiger partial charge on any atom is -0.854 e. The summed E-state index contributed by atoms with van der Waals surface area (Å²) in [5.74, 6) is -1.70. The van der Waals surface area contributed by atoms with E-state index in [2.05, 4.69) is 9.84 Å². The van der Waals surface area contributed by atoms with E-state index in [9.17, 15) is 36.2 Å². The van der Waals surface area contributed by atoms with Crippen LogP contribution in [0.15, 0.2) is 47.6 Å². The summed E-state index contributed by atoms with van der Waals surface area (Å²) in [5, 5.41) is 16.5. The first-order valence-corrected chi connectivity index (χ1v) is 10.2. The van der Waals surface area contributed by atoms with Gasteiger partial charge in [0.2, 0.25) is 0 Å². The number of rotatable bonds is 5. The quantitative estimate of drug-likeness (QED) is 0.207. The van der Waals surface area contributed by atoms with Gasteiger partial charge in [-0.25, -0.2) is 4.79 Å². The molecule has 2 aromatic rings. The molecule has 0 aliphatic carbocycles. The van der Waals surface area contributed by atoms with Crippen LogP contribution in [0, 0.1) is 0 Å². The lowest BCUT2D eigenvalue weighted by Gasteiger charge is -2.17. The van der Waals surface area contributed by atoms with E-state index in [-0.39, 0.29) is 6.07 Å². The second-order valence-corrected chi connectivity index (χ2v) is 7.71. The van der Waals surface area contributed by atoms with Gasteiger partial charge >= 0.3 is 18.3 Å². The van der Waals surface area contributed by atoms with Gasteiger partial charge in [0.15, 0.2) is 12.3 Å². The first-order chi connectivity index (χ1) is 15.9. The third-order valence-corrected chi connectivity index (χ3v) is 5.28. The Labute approximate surface area is 191 Å². The maximum atomic E-state index is 13.1. The van der Waals surface area contributed by atoms with Crippen LogP contribution in [0.3, 0.4) is 0 Å². The Kier molecular flexibility index (Phi) is 7.32. The molecule has 0 saturated carbocycles. The Bertz CT molecular complexity index is 1090. The molecule has 0 atom stereocenters. The first kappa shape index (κ1) is 25.3. The van der Waals surface area contributed by atoms with Gasteiger partial charge in [0.25, 0.3) is 0 Å². The second-order valence-electron chi connectivity index (χ2n) is 7.71. The van der Waals surface area contributed by atoms with E-state index < -0.39 is 40.9 Å². The van der Waals surface area contributed by atoms with Gasteiger partial charge in [-0.3, -0.25) is 0 Å². The summed E-state index contributed by atoms with van der Waals surface area (Å²) < 4.78 is 84.6. The van der Waals surface area contributed by atoms with Crippen molar-refractivity contribution in [1.82, 2.24) is 0 Å². The van der Waals surface area contributed by atoms with Crippen molar-refractivity contribution >= 4 is 17.6 Å².